The molecule has 4 heteroatoms. The number of hydrogen-bond acceptors (Lipinski definition) is 4. The van der Waals surface area contributed by atoms with E-state index in [1.807, 2.05) is 13.8 Å². The monoisotopic (exact) mass is 141 g/mol. The van der Waals surface area contributed by atoms with E-state index in [-0.39, 0.29) is 0 Å². The molecule has 0 spiro atoms. The zero-order valence-electron chi connectivity index (χ0n) is 6.09. The van der Waals surface area contributed by atoms with Gasteiger partial charge in [0, 0.05) is 6.07 Å². The maximum atomic E-state index is 5.08. The van der Waals surface area contributed by atoms with Crippen LogP contribution in [0.3, 0.4) is 0 Å². The lowest BCUT2D eigenvalue weighted by atomic mass is 10.1. The lowest BCUT2D eigenvalue weighted by Gasteiger charge is -1.92. The molecule has 0 bridgehead atoms. The van der Waals surface area contributed by atoms with Crippen molar-refractivity contribution in [2.75, 3.05) is 5.43 Å². The highest BCUT2D eigenvalue weighted by molar-refractivity contribution is 5.30. The fourth-order valence-corrected chi connectivity index (χ4v) is 0.629. The summed E-state index contributed by atoms with van der Waals surface area (Å²) >= 11 is 0. The maximum Gasteiger partial charge on any atom is 0.238 e. The fraction of sp³-hybridized carbons (Fsp3) is 0.500. The van der Waals surface area contributed by atoms with Crippen molar-refractivity contribution in [2.45, 2.75) is 19.8 Å². The summed E-state index contributed by atoms with van der Waals surface area (Å²) in [4.78, 5) is 0. The van der Waals surface area contributed by atoms with Crippen molar-refractivity contribution in [1.82, 2.24) is 5.16 Å². The highest BCUT2D eigenvalue weighted by Crippen LogP contribution is 2.15. The average molecular weight is 141 g/mol. The minimum atomic E-state index is 0.380. The SMILES string of the molecule is CC(C)c1cc(NN)on1. The van der Waals surface area contributed by atoms with Crippen molar-refractivity contribution in [3.63, 3.8) is 0 Å². The Kier molecular flexibility index (Phi) is 1.91. The molecule has 0 radical (unpaired) electrons. The molecule has 1 aromatic heterocycles. The lowest BCUT2D eigenvalue weighted by Crippen LogP contribution is -2.04. The Morgan fingerprint density at radius 1 is 1.70 bits per heavy atom. The van der Waals surface area contributed by atoms with Gasteiger partial charge in [0.15, 0.2) is 0 Å². The number of nitrogens with one attached hydrogen (secondary N) is 1. The Morgan fingerprint density at radius 2 is 2.40 bits per heavy atom. The second-order valence-corrected chi connectivity index (χ2v) is 2.42. The van der Waals surface area contributed by atoms with Crippen LogP contribution in [-0.2, 0) is 0 Å². The fourth-order valence-electron chi connectivity index (χ4n) is 0.629. The number of aromatic nitrogens is 1. The number of nitrogens with zero attached hydrogens (tertiary/aromatic N) is 1. The van der Waals surface area contributed by atoms with E-state index in [0.29, 0.717) is 11.8 Å². The number of nitrogens with two attached hydrogens (primary N) is 1. The third kappa shape index (κ3) is 1.27. The van der Waals surface area contributed by atoms with Crippen molar-refractivity contribution in [3.8, 4) is 0 Å². The molecule has 0 aromatic carbocycles. The van der Waals surface area contributed by atoms with E-state index >= 15 is 0 Å². The van der Waals surface area contributed by atoms with Crippen molar-refractivity contribution < 1.29 is 4.52 Å². The Labute approximate surface area is 59.4 Å². The van der Waals surface area contributed by atoms with E-state index in [0.717, 1.165) is 5.69 Å². The molecule has 0 aliphatic heterocycles. The van der Waals surface area contributed by atoms with Crippen LogP contribution in [0.15, 0.2) is 10.6 Å². The Hall–Kier alpha value is -1.03. The molecule has 0 saturated carbocycles. The summed E-state index contributed by atoms with van der Waals surface area (Å²) < 4.78 is 4.79. The predicted octanol–water partition coefficient (Wildman–Crippen LogP) is 1.08. The van der Waals surface area contributed by atoms with E-state index in [1.165, 1.54) is 0 Å². The largest absolute Gasteiger partial charge is 0.337 e. The third-order valence-electron chi connectivity index (χ3n) is 1.26. The first-order chi connectivity index (χ1) is 4.74. The first kappa shape index (κ1) is 7.08. The minimum Gasteiger partial charge on any atom is -0.337 e. The first-order valence-electron chi connectivity index (χ1n) is 3.17. The normalized spacial score (nSPS) is 10.4. The van der Waals surface area contributed by atoms with Gasteiger partial charge in [-0.1, -0.05) is 19.0 Å². The summed E-state index contributed by atoms with van der Waals surface area (Å²) in [5.74, 6) is 5.96. The summed E-state index contributed by atoms with van der Waals surface area (Å²) in [6.45, 7) is 4.08. The van der Waals surface area contributed by atoms with Gasteiger partial charge in [-0.05, 0) is 5.92 Å². The van der Waals surface area contributed by atoms with Crippen LogP contribution in [0, 0.1) is 0 Å². The zero-order chi connectivity index (χ0) is 7.56. The molecule has 1 heterocycles. The molecule has 0 unspecified atom stereocenters. The van der Waals surface area contributed by atoms with Crippen LogP contribution in [0.1, 0.15) is 25.5 Å². The number of rotatable bonds is 2. The molecule has 10 heavy (non-hydrogen) atoms. The van der Waals surface area contributed by atoms with Gasteiger partial charge in [-0.2, -0.15) is 0 Å². The van der Waals surface area contributed by atoms with E-state index in [1.54, 1.807) is 6.07 Å². The van der Waals surface area contributed by atoms with Crippen LogP contribution in [0.2, 0.25) is 0 Å². The molecule has 0 aliphatic rings. The minimum absolute atomic E-state index is 0.380. The maximum absolute atomic E-state index is 5.08. The Morgan fingerprint density at radius 3 is 2.70 bits per heavy atom. The van der Waals surface area contributed by atoms with Crippen LogP contribution in [0.5, 0.6) is 0 Å². The Bertz CT molecular complexity index is 207. The molecular formula is C6H11N3O. The van der Waals surface area contributed by atoms with Gasteiger partial charge >= 0.3 is 0 Å². The van der Waals surface area contributed by atoms with Crippen LogP contribution >= 0.6 is 0 Å². The van der Waals surface area contributed by atoms with Gasteiger partial charge in [0.2, 0.25) is 5.88 Å². The summed E-state index contributed by atoms with van der Waals surface area (Å²) in [6, 6.07) is 1.78. The molecule has 0 atom stereocenters. The number of hydrazine groups is 1. The summed E-state index contributed by atoms with van der Waals surface area (Å²) in [6.07, 6.45) is 0. The molecule has 56 valence electrons. The van der Waals surface area contributed by atoms with Gasteiger partial charge in [0.05, 0.1) is 5.69 Å². The van der Waals surface area contributed by atoms with Gasteiger partial charge in [0.25, 0.3) is 0 Å². The second-order valence-electron chi connectivity index (χ2n) is 2.42. The van der Waals surface area contributed by atoms with Crippen LogP contribution in [-0.4, -0.2) is 5.16 Å². The highest BCUT2D eigenvalue weighted by Gasteiger charge is 2.04. The summed E-state index contributed by atoms with van der Waals surface area (Å²) in [5.41, 5.74) is 3.28. The quantitative estimate of drug-likeness (QED) is 0.478. The van der Waals surface area contributed by atoms with Gasteiger partial charge in [-0.25, -0.2) is 5.84 Å². The number of nitrogen functional groups attached to an aromatic ring is 1. The molecule has 4 nitrogen and oxygen atoms in total. The van der Waals surface area contributed by atoms with Crippen molar-refractivity contribution in [3.05, 3.63) is 11.8 Å². The van der Waals surface area contributed by atoms with Crippen molar-refractivity contribution in [2.24, 2.45) is 5.84 Å². The predicted molar refractivity (Wildman–Crippen MR) is 38.4 cm³/mol. The van der Waals surface area contributed by atoms with E-state index in [9.17, 15) is 0 Å². The summed E-state index contributed by atoms with van der Waals surface area (Å²) in [7, 11) is 0. The summed E-state index contributed by atoms with van der Waals surface area (Å²) in [5, 5.41) is 3.77. The van der Waals surface area contributed by atoms with E-state index in [2.05, 4.69) is 10.6 Å². The average Bonchev–Trinajstić information content (AvgIpc) is 2.34. The molecule has 0 aliphatic carbocycles. The lowest BCUT2D eigenvalue weighted by molar-refractivity contribution is 0.420. The molecule has 3 N–H and O–H groups in total. The molecular weight excluding hydrogens is 130 g/mol. The molecule has 1 rings (SSSR count). The van der Waals surface area contributed by atoms with Crippen molar-refractivity contribution >= 4 is 5.88 Å². The highest BCUT2D eigenvalue weighted by atomic mass is 16.5. The third-order valence-corrected chi connectivity index (χ3v) is 1.26. The van der Waals surface area contributed by atoms with Crippen LogP contribution < -0.4 is 11.3 Å². The number of hydrogen-bond donors (Lipinski definition) is 2. The van der Waals surface area contributed by atoms with Gasteiger partial charge in [-0.15, -0.1) is 0 Å². The molecule has 0 amide bonds. The topological polar surface area (TPSA) is 64.1 Å². The van der Waals surface area contributed by atoms with E-state index in [4.69, 9.17) is 10.4 Å². The zero-order valence-corrected chi connectivity index (χ0v) is 6.09. The Balaban J connectivity index is 2.78. The van der Waals surface area contributed by atoms with Gasteiger partial charge in [0.1, 0.15) is 0 Å². The smallest absolute Gasteiger partial charge is 0.238 e. The van der Waals surface area contributed by atoms with Crippen molar-refractivity contribution in [1.29, 1.82) is 0 Å². The van der Waals surface area contributed by atoms with Gasteiger partial charge in [-0.3, -0.25) is 5.43 Å². The van der Waals surface area contributed by atoms with E-state index < -0.39 is 0 Å². The molecule has 1 aromatic rings. The standard InChI is InChI=1S/C6H11N3O/c1-4(2)5-3-6(8-7)10-9-5/h3-4,8H,7H2,1-2H3. The first-order valence-corrected chi connectivity index (χ1v) is 3.17. The van der Waals surface area contributed by atoms with Crippen LogP contribution in [0.4, 0.5) is 5.88 Å². The molecule has 0 fully saturated rings. The number of anilines is 1. The van der Waals surface area contributed by atoms with Gasteiger partial charge < -0.3 is 4.52 Å². The second kappa shape index (κ2) is 2.70. The molecule has 0 saturated heterocycles. The van der Waals surface area contributed by atoms with Crippen LogP contribution in [0.25, 0.3) is 0 Å².